The number of nitrogens with one attached hydrogen (secondary N) is 1. The maximum absolute atomic E-state index is 12.2. The quantitative estimate of drug-likeness (QED) is 0.580. The van der Waals surface area contributed by atoms with Gasteiger partial charge in [0, 0.05) is 16.6 Å². The average Bonchev–Trinajstić information content (AvgIpc) is 2.74. The van der Waals surface area contributed by atoms with Crippen molar-refractivity contribution in [2.75, 3.05) is 13.2 Å². The van der Waals surface area contributed by atoms with E-state index < -0.39 is 24.5 Å². The fourth-order valence-electron chi connectivity index (χ4n) is 2.06. The summed E-state index contributed by atoms with van der Waals surface area (Å²) in [5.41, 5.74) is 0.615. The lowest BCUT2D eigenvalue weighted by Crippen LogP contribution is -2.31. The van der Waals surface area contributed by atoms with Gasteiger partial charge >= 0.3 is 12.0 Å². The predicted octanol–water partition coefficient (Wildman–Crippen LogP) is 2.22. The van der Waals surface area contributed by atoms with Crippen molar-refractivity contribution in [3.8, 4) is 5.75 Å². The molecule has 0 aliphatic carbocycles. The van der Waals surface area contributed by atoms with Crippen molar-refractivity contribution in [1.82, 2.24) is 10.2 Å². The minimum Gasteiger partial charge on any atom is -0.481 e. The number of imide groups is 1. The molecule has 23 heavy (non-hydrogen) atoms. The molecule has 0 spiro atoms. The Morgan fingerprint density at radius 1 is 1.43 bits per heavy atom. The molecule has 122 valence electrons. The van der Waals surface area contributed by atoms with Gasteiger partial charge in [0.15, 0.2) is 6.61 Å². The monoisotopic (exact) mass is 382 g/mol. The van der Waals surface area contributed by atoms with Gasteiger partial charge in [0.1, 0.15) is 11.4 Å². The number of carboxylic acid groups (broad SMARTS) is 1. The SMILES string of the molecule is CCCN1C(=O)N/C(=C/c2cc(Br)ccc2OCC(=O)O)C1=O. The third kappa shape index (κ3) is 4.10. The van der Waals surface area contributed by atoms with Crippen molar-refractivity contribution in [2.24, 2.45) is 0 Å². The zero-order valence-corrected chi connectivity index (χ0v) is 13.9. The van der Waals surface area contributed by atoms with Gasteiger partial charge in [-0.05, 0) is 30.7 Å². The molecule has 2 rings (SSSR count). The van der Waals surface area contributed by atoms with Crippen LogP contribution in [0.5, 0.6) is 5.75 Å². The van der Waals surface area contributed by atoms with Crippen LogP contribution in [0.1, 0.15) is 18.9 Å². The molecule has 2 N–H and O–H groups in total. The Kier molecular flexibility index (Phi) is 5.38. The molecule has 1 aliphatic rings. The van der Waals surface area contributed by atoms with E-state index >= 15 is 0 Å². The van der Waals surface area contributed by atoms with Gasteiger partial charge in [-0.2, -0.15) is 0 Å². The zero-order chi connectivity index (χ0) is 17.0. The molecule has 3 amide bonds. The number of hydrogen-bond donors (Lipinski definition) is 2. The van der Waals surface area contributed by atoms with Crippen molar-refractivity contribution >= 4 is 39.9 Å². The van der Waals surface area contributed by atoms with Crippen LogP contribution in [0, 0.1) is 0 Å². The van der Waals surface area contributed by atoms with Crippen LogP contribution in [-0.2, 0) is 9.59 Å². The second-order valence-corrected chi connectivity index (χ2v) is 5.73. The number of carbonyl (C=O) groups is 3. The number of halogens is 1. The number of nitrogens with zero attached hydrogens (tertiary/aromatic N) is 1. The Bertz CT molecular complexity index is 686. The van der Waals surface area contributed by atoms with Crippen LogP contribution in [0.3, 0.4) is 0 Å². The molecule has 1 aromatic carbocycles. The topological polar surface area (TPSA) is 95.9 Å². The first-order valence-electron chi connectivity index (χ1n) is 6.91. The third-order valence-electron chi connectivity index (χ3n) is 3.03. The normalized spacial score (nSPS) is 15.9. The summed E-state index contributed by atoms with van der Waals surface area (Å²) in [5, 5.41) is 11.2. The first kappa shape index (κ1) is 17.0. The maximum atomic E-state index is 12.2. The number of urea groups is 1. The minimum absolute atomic E-state index is 0.127. The molecule has 0 saturated carbocycles. The van der Waals surface area contributed by atoms with Crippen molar-refractivity contribution in [3.05, 3.63) is 33.9 Å². The maximum Gasteiger partial charge on any atom is 0.341 e. The van der Waals surface area contributed by atoms with E-state index in [1.54, 1.807) is 18.2 Å². The van der Waals surface area contributed by atoms with Crippen LogP contribution in [-0.4, -0.2) is 41.1 Å². The number of amides is 3. The molecule has 0 unspecified atom stereocenters. The summed E-state index contributed by atoms with van der Waals surface area (Å²) in [5.74, 6) is -1.22. The first-order valence-corrected chi connectivity index (χ1v) is 7.70. The van der Waals surface area contributed by atoms with E-state index in [1.807, 2.05) is 6.92 Å². The Balaban J connectivity index is 2.31. The molecule has 1 saturated heterocycles. The molecule has 0 aromatic heterocycles. The Morgan fingerprint density at radius 2 is 2.17 bits per heavy atom. The predicted molar refractivity (Wildman–Crippen MR) is 85.8 cm³/mol. The summed E-state index contributed by atoms with van der Waals surface area (Å²) >= 11 is 3.31. The van der Waals surface area contributed by atoms with Gasteiger partial charge in [-0.25, -0.2) is 9.59 Å². The lowest BCUT2D eigenvalue weighted by Gasteiger charge is -2.09. The molecular formula is C15H15BrN2O5. The van der Waals surface area contributed by atoms with Crippen LogP contribution in [0.25, 0.3) is 6.08 Å². The van der Waals surface area contributed by atoms with E-state index in [0.717, 1.165) is 9.37 Å². The third-order valence-corrected chi connectivity index (χ3v) is 3.53. The number of aliphatic carboxylic acids is 1. The smallest absolute Gasteiger partial charge is 0.341 e. The highest BCUT2D eigenvalue weighted by molar-refractivity contribution is 9.10. The van der Waals surface area contributed by atoms with Gasteiger partial charge in [-0.3, -0.25) is 9.69 Å². The Labute approximate surface area is 141 Å². The lowest BCUT2D eigenvalue weighted by atomic mass is 10.1. The van der Waals surface area contributed by atoms with E-state index in [2.05, 4.69) is 21.2 Å². The second-order valence-electron chi connectivity index (χ2n) is 4.81. The van der Waals surface area contributed by atoms with Gasteiger partial charge in [0.25, 0.3) is 5.91 Å². The standard InChI is InChI=1S/C15H15BrN2O5/c1-2-5-18-14(21)11(17-15(18)22)7-9-6-10(16)3-4-12(9)23-8-13(19)20/h3-4,6-7H,2,5,8H2,1H3,(H,17,22)(H,19,20)/b11-7+. The van der Waals surface area contributed by atoms with Gasteiger partial charge in [0.2, 0.25) is 0 Å². The van der Waals surface area contributed by atoms with E-state index in [1.165, 1.54) is 6.08 Å². The number of rotatable bonds is 6. The summed E-state index contributed by atoms with van der Waals surface area (Å²) in [7, 11) is 0. The molecule has 1 fully saturated rings. The van der Waals surface area contributed by atoms with Crippen LogP contribution in [0.4, 0.5) is 4.79 Å². The zero-order valence-electron chi connectivity index (χ0n) is 12.3. The fourth-order valence-corrected chi connectivity index (χ4v) is 2.44. The minimum atomic E-state index is -1.11. The van der Waals surface area contributed by atoms with Gasteiger partial charge < -0.3 is 15.2 Å². The molecule has 0 atom stereocenters. The van der Waals surface area contributed by atoms with E-state index in [-0.39, 0.29) is 5.70 Å². The van der Waals surface area contributed by atoms with Crippen molar-refractivity contribution in [2.45, 2.75) is 13.3 Å². The number of carbonyl (C=O) groups excluding carboxylic acids is 2. The summed E-state index contributed by atoms with van der Waals surface area (Å²) < 4.78 is 5.93. The van der Waals surface area contributed by atoms with Crippen LogP contribution in [0.15, 0.2) is 28.4 Å². The molecule has 1 heterocycles. The highest BCUT2D eigenvalue weighted by atomic mass is 79.9. The average molecular weight is 383 g/mol. The number of ether oxygens (including phenoxy) is 1. The number of carboxylic acids is 1. The van der Waals surface area contributed by atoms with E-state index in [0.29, 0.717) is 24.3 Å². The van der Waals surface area contributed by atoms with Crippen LogP contribution >= 0.6 is 15.9 Å². The summed E-state index contributed by atoms with van der Waals surface area (Å²) in [6.07, 6.45) is 2.13. The largest absolute Gasteiger partial charge is 0.481 e. The fraction of sp³-hybridized carbons (Fsp3) is 0.267. The lowest BCUT2D eigenvalue weighted by molar-refractivity contribution is -0.139. The van der Waals surface area contributed by atoms with E-state index in [9.17, 15) is 14.4 Å². The van der Waals surface area contributed by atoms with Crippen LogP contribution < -0.4 is 10.1 Å². The highest BCUT2D eigenvalue weighted by Crippen LogP contribution is 2.26. The van der Waals surface area contributed by atoms with Crippen molar-refractivity contribution in [1.29, 1.82) is 0 Å². The van der Waals surface area contributed by atoms with Crippen molar-refractivity contribution in [3.63, 3.8) is 0 Å². The molecule has 1 aromatic rings. The summed E-state index contributed by atoms with van der Waals surface area (Å²) in [6, 6.07) is 4.49. The second kappa shape index (κ2) is 7.28. The van der Waals surface area contributed by atoms with Gasteiger partial charge in [-0.1, -0.05) is 22.9 Å². The van der Waals surface area contributed by atoms with Gasteiger partial charge in [-0.15, -0.1) is 0 Å². The molecule has 0 bridgehead atoms. The summed E-state index contributed by atoms with van der Waals surface area (Å²) in [6.45, 7) is 1.71. The Hall–Kier alpha value is -2.35. The molecule has 7 nitrogen and oxygen atoms in total. The molecule has 8 heteroatoms. The number of benzene rings is 1. The van der Waals surface area contributed by atoms with Crippen molar-refractivity contribution < 1.29 is 24.2 Å². The molecular weight excluding hydrogens is 368 g/mol. The molecule has 1 aliphatic heterocycles. The highest BCUT2D eigenvalue weighted by Gasteiger charge is 2.32. The molecule has 0 radical (unpaired) electrons. The first-order chi connectivity index (χ1) is 10.9. The number of hydrogen-bond acceptors (Lipinski definition) is 4. The van der Waals surface area contributed by atoms with Gasteiger partial charge in [0.05, 0.1) is 0 Å². The van der Waals surface area contributed by atoms with Crippen LogP contribution in [0.2, 0.25) is 0 Å². The van der Waals surface area contributed by atoms with E-state index in [4.69, 9.17) is 9.84 Å². The Morgan fingerprint density at radius 3 is 2.83 bits per heavy atom. The summed E-state index contributed by atoms with van der Waals surface area (Å²) in [4.78, 5) is 35.7.